The van der Waals surface area contributed by atoms with Crippen LogP contribution in [0.4, 0.5) is 0 Å². The molecule has 1 unspecified atom stereocenters. The van der Waals surface area contributed by atoms with Crippen LogP contribution < -0.4 is 10.5 Å². The van der Waals surface area contributed by atoms with E-state index in [0.717, 1.165) is 36.6 Å². The highest BCUT2D eigenvalue weighted by Gasteiger charge is 2.23. The highest BCUT2D eigenvalue weighted by molar-refractivity contribution is 5.40. The zero-order chi connectivity index (χ0) is 14.5. The summed E-state index contributed by atoms with van der Waals surface area (Å²) in [5.74, 6) is 0.917. The van der Waals surface area contributed by atoms with Crippen LogP contribution >= 0.6 is 0 Å². The largest absolute Gasteiger partial charge is 0.490 e. The molecular weight excluding hydrogens is 252 g/mol. The minimum atomic E-state index is 0.136. The first-order chi connectivity index (χ1) is 9.61. The number of hydrogen-bond acceptors (Lipinski definition) is 4. The molecule has 1 atom stereocenters. The Morgan fingerprint density at radius 1 is 1.45 bits per heavy atom. The van der Waals surface area contributed by atoms with Crippen LogP contribution in [0.5, 0.6) is 5.75 Å². The molecule has 0 saturated carbocycles. The van der Waals surface area contributed by atoms with Gasteiger partial charge in [0.2, 0.25) is 0 Å². The lowest BCUT2D eigenvalue weighted by Crippen LogP contribution is -2.47. The van der Waals surface area contributed by atoms with Gasteiger partial charge in [-0.2, -0.15) is 0 Å². The van der Waals surface area contributed by atoms with E-state index in [1.807, 2.05) is 12.1 Å². The lowest BCUT2D eigenvalue weighted by Gasteiger charge is -2.35. The fourth-order valence-corrected chi connectivity index (χ4v) is 2.57. The molecule has 0 radical (unpaired) electrons. The van der Waals surface area contributed by atoms with Gasteiger partial charge in [-0.05, 0) is 26.3 Å². The lowest BCUT2D eigenvalue weighted by atomic mass is 10.1. The molecule has 0 aromatic heterocycles. The Kier molecular flexibility index (Phi) is 5.40. The lowest BCUT2D eigenvalue weighted by molar-refractivity contribution is -0.0566. The molecule has 1 aliphatic heterocycles. The van der Waals surface area contributed by atoms with Gasteiger partial charge in [0.1, 0.15) is 18.5 Å². The number of nitrogens with two attached hydrogens (primary N) is 1. The first-order valence-electron chi connectivity index (χ1n) is 7.38. The predicted octanol–water partition coefficient (Wildman–Crippen LogP) is 1.94. The van der Waals surface area contributed by atoms with E-state index in [2.05, 4.69) is 31.7 Å². The molecule has 4 heteroatoms. The number of aryl methyl sites for hydroxylation is 1. The van der Waals surface area contributed by atoms with Gasteiger partial charge in [-0.25, -0.2) is 0 Å². The van der Waals surface area contributed by atoms with Crippen molar-refractivity contribution in [1.29, 1.82) is 0 Å². The third kappa shape index (κ3) is 3.72. The van der Waals surface area contributed by atoms with Crippen molar-refractivity contribution in [2.75, 3.05) is 26.3 Å². The fourth-order valence-electron chi connectivity index (χ4n) is 2.57. The van der Waals surface area contributed by atoms with Gasteiger partial charge in [0.25, 0.3) is 0 Å². The van der Waals surface area contributed by atoms with E-state index in [0.29, 0.717) is 19.2 Å². The normalized spacial score (nSPS) is 20.4. The van der Waals surface area contributed by atoms with Gasteiger partial charge in [-0.1, -0.05) is 18.2 Å². The molecule has 0 bridgehead atoms. The van der Waals surface area contributed by atoms with Gasteiger partial charge in [-0.15, -0.1) is 0 Å². The molecule has 1 heterocycles. The van der Waals surface area contributed by atoms with Crippen LogP contribution in [0.2, 0.25) is 0 Å². The molecular formula is C16H26N2O2. The third-order valence-corrected chi connectivity index (χ3v) is 3.83. The monoisotopic (exact) mass is 278 g/mol. The Labute approximate surface area is 121 Å². The van der Waals surface area contributed by atoms with E-state index >= 15 is 0 Å². The Morgan fingerprint density at radius 2 is 2.25 bits per heavy atom. The highest BCUT2D eigenvalue weighted by atomic mass is 16.5. The molecule has 0 aliphatic carbocycles. The molecule has 1 aliphatic rings. The van der Waals surface area contributed by atoms with Crippen LogP contribution in [0.3, 0.4) is 0 Å². The zero-order valence-corrected chi connectivity index (χ0v) is 12.8. The number of rotatable bonds is 5. The van der Waals surface area contributed by atoms with Gasteiger partial charge in [-0.3, -0.25) is 4.90 Å². The van der Waals surface area contributed by atoms with Gasteiger partial charge in [0, 0.05) is 31.2 Å². The van der Waals surface area contributed by atoms with Crippen LogP contribution in [-0.2, 0) is 11.3 Å². The summed E-state index contributed by atoms with van der Waals surface area (Å²) in [5.41, 5.74) is 7.96. The minimum Gasteiger partial charge on any atom is -0.490 e. The summed E-state index contributed by atoms with van der Waals surface area (Å²) in [6.45, 7) is 10.3. The van der Waals surface area contributed by atoms with Crippen LogP contribution in [-0.4, -0.2) is 43.3 Å². The quantitative estimate of drug-likeness (QED) is 0.894. The van der Waals surface area contributed by atoms with Crippen molar-refractivity contribution in [2.45, 2.75) is 39.5 Å². The van der Waals surface area contributed by atoms with Crippen molar-refractivity contribution in [1.82, 2.24) is 4.90 Å². The Balaban J connectivity index is 1.95. The van der Waals surface area contributed by atoms with E-state index in [1.165, 1.54) is 0 Å². The second-order valence-electron chi connectivity index (χ2n) is 5.66. The maximum atomic E-state index is 5.99. The maximum absolute atomic E-state index is 5.99. The van der Waals surface area contributed by atoms with Crippen LogP contribution in [0.15, 0.2) is 18.2 Å². The molecule has 1 aromatic rings. The first kappa shape index (κ1) is 15.3. The van der Waals surface area contributed by atoms with Crippen molar-refractivity contribution in [3.63, 3.8) is 0 Å². The van der Waals surface area contributed by atoms with Gasteiger partial charge in [0.05, 0.1) is 6.61 Å². The molecule has 2 rings (SSSR count). The number of benzene rings is 1. The molecule has 4 nitrogen and oxygen atoms in total. The molecule has 20 heavy (non-hydrogen) atoms. The van der Waals surface area contributed by atoms with E-state index in [1.54, 1.807) is 0 Å². The SMILES string of the molecule is Cc1cccc(CN)c1OCC1CN(C(C)C)CCO1. The van der Waals surface area contributed by atoms with Gasteiger partial charge >= 0.3 is 0 Å². The molecule has 2 N–H and O–H groups in total. The number of para-hydroxylation sites is 1. The van der Waals surface area contributed by atoms with E-state index in [-0.39, 0.29) is 6.10 Å². The van der Waals surface area contributed by atoms with Crippen molar-refractivity contribution >= 4 is 0 Å². The summed E-state index contributed by atoms with van der Waals surface area (Å²) in [5, 5.41) is 0. The summed E-state index contributed by atoms with van der Waals surface area (Å²) in [7, 11) is 0. The maximum Gasteiger partial charge on any atom is 0.126 e. The highest BCUT2D eigenvalue weighted by Crippen LogP contribution is 2.23. The van der Waals surface area contributed by atoms with E-state index < -0.39 is 0 Å². The molecule has 1 aromatic carbocycles. The standard InChI is InChI=1S/C16H26N2O2/c1-12(2)18-7-8-19-15(10-18)11-20-16-13(3)5-4-6-14(16)9-17/h4-6,12,15H,7-11,17H2,1-3H3. The fraction of sp³-hybridized carbons (Fsp3) is 0.625. The molecule has 1 fully saturated rings. The predicted molar refractivity (Wildman–Crippen MR) is 81.0 cm³/mol. The van der Waals surface area contributed by atoms with Crippen LogP contribution in [0.25, 0.3) is 0 Å². The van der Waals surface area contributed by atoms with Crippen molar-refractivity contribution < 1.29 is 9.47 Å². The summed E-state index contributed by atoms with van der Waals surface area (Å²) in [4.78, 5) is 2.43. The van der Waals surface area contributed by atoms with Gasteiger partial charge in [0.15, 0.2) is 0 Å². The number of morpholine rings is 1. The van der Waals surface area contributed by atoms with E-state index in [4.69, 9.17) is 15.2 Å². The van der Waals surface area contributed by atoms with E-state index in [9.17, 15) is 0 Å². The summed E-state index contributed by atoms with van der Waals surface area (Å²) in [6, 6.07) is 6.64. The van der Waals surface area contributed by atoms with Crippen LogP contribution in [0.1, 0.15) is 25.0 Å². The Morgan fingerprint density at radius 3 is 2.95 bits per heavy atom. The Hall–Kier alpha value is -1.10. The average Bonchev–Trinajstić information content (AvgIpc) is 2.46. The second-order valence-corrected chi connectivity index (χ2v) is 5.66. The average molecular weight is 278 g/mol. The molecule has 112 valence electrons. The number of hydrogen-bond donors (Lipinski definition) is 1. The third-order valence-electron chi connectivity index (χ3n) is 3.83. The minimum absolute atomic E-state index is 0.136. The zero-order valence-electron chi connectivity index (χ0n) is 12.8. The molecule has 0 amide bonds. The molecule has 1 saturated heterocycles. The molecule has 0 spiro atoms. The van der Waals surface area contributed by atoms with Crippen molar-refractivity contribution in [3.05, 3.63) is 29.3 Å². The summed E-state index contributed by atoms with van der Waals surface area (Å²) in [6.07, 6.45) is 0.136. The second kappa shape index (κ2) is 7.07. The number of ether oxygens (including phenoxy) is 2. The van der Waals surface area contributed by atoms with Crippen molar-refractivity contribution in [2.24, 2.45) is 5.73 Å². The smallest absolute Gasteiger partial charge is 0.126 e. The van der Waals surface area contributed by atoms with Crippen molar-refractivity contribution in [3.8, 4) is 5.75 Å². The first-order valence-corrected chi connectivity index (χ1v) is 7.38. The topological polar surface area (TPSA) is 47.7 Å². The number of nitrogens with zero attached hydrogens (tertiary/aromatic N) is 1. The Bertz CT molecular complexity index is 434. The summed E-state index contributed by atoms with van der Waals surface area (Å²) < 4.78 is 11.8. The van der Waals surface area contributed by atoms with Gasteiger partial charge < -0.3 is 15.2 Å². The van der Waals surface area contributed by atoms with Crippen LogP contribution in [0, 0.1) is 6.92 Å². The summed E-state index contributed by atoms with van der Waals surface area (Å²) >= 11 is 0.